The van der Waals surface area contributed by atoms with Crippen molar-refractivity contribution in [2.24, 2.45) is 0 Å². The Morgan fingerprint density at radius 3 is 2.29 bits per heavy atom. The molecule has 0 spiro atoms. The average molecular weight is 311 g/mol. The molecule has 0 unspecified atom stereocenters. The van der Waals surface area contributed by atoms with Gasteiger partial charge in [-0.1, -0.05) is 36.6 Å². The molecule has 1 aromatic carbocycles. The lowest BCUT2D eigenvalue weighted by molar-refractivity contribution is -0.139. The quantitative estimate of drug-likeness (QED) is 0.735. The maximum atomic E-state index is 11.7. The monoisotopic (exact) mass is 310 g/mol. The Labute approximate surface area is 128 Å². The van der Waals surface area contributed by atoms with Crippen LogP contribution >= 0.6 is 11.6 Å². The molecule has 1 aliphatic carbocycles. The summed E-state index contributed by atoms with van der Waals surface area (Å²) in [5.41, 5.74) is 0.00141. The van der Waals surface area contributed by atoms with Crippen molar-refractivity contribution in [3.05, 3.63) is 34.9 Å². The van der Waals surface area contributed by atoms with Crippen molar-refractivity contribution in [2.45, 2.75) is 37.8 Å². The van der Waals surface area contributed by atoms with Crippen LogP contribution in [0.4, 0.5) is 0 Å². The van der Waals surface area contributed by atoms with E-state index in [1.165, 1.54) is 0 Å². The smallest absolute Gasteiger partial charge is 0.309 e. The number of nitrogens with one attached hydrogen (secondary N) is 2. The fourth-order valence-electron chi connectivity index (χ4n) is 2.40. The molecule has 1 aliphatic rings. The molecule has 0 aliphatic heterocycles. The van der Waals surface area contributed by atoms with Gasteiger partial charge in [-0.25, -0.2) is 0 Å². The molecule has 2 rings (SSSR count). The van der Waals surface area contributed by atoms with Gasteiger partial charge in [-0.05, 0) is 30.5 Å². The summed E-state index contributed by atoms with van der Waals surface area (Å²) in [6, 6.07) is 7.00. The van der Waals surface area contributed by atoms with E-state index < -0.39 is 17.4 Å². The number of hydrogen-bond acceptors (Lipinski definition) is 3. The number of rotatable bonds is 4. The zero-order chi connectivity index (χ0) is 15.3. The van der Waals surface area contributed by atoms with Gasteiger partial charge in [0.05, 0.1) is 5.60 Å². The molecule has 114 valence electrons. The topological polar surface area (TPSA) is 78.4 Å². The van der Waals surface area contributed by atoms with E-state index in [9.17, 15) is 14.7 Å². The molecule has 21 heavy (non-hydrogen) atoms. The normalized spacial score (nSPS) is 16.5. The Bertz CT molecular complexity index is 510. The summed E-state index contributed by atoms with van der Waals surface area (Å²) in [6.45, 7) is 0.383. The first kappa shape index (κ1) is 15.8. The van der Waals surface area contributed by atoms with Gasteiger partial charge < -0.3 is 15.7 Å². The minimum Gasteiger partial charge on any atom is -0.388 e. The highest BCUT2D eigenvalue weighted by Crippen LogP contribution is 2.28. The van der Waals surface area contributed by atoms with Crippen molar-refractivity contribution in [3.8, 4) is 0 Å². The fraction of sp³-hybridized carbons (Fsp3) is 0.467. The van der Waals surface area contributed by atoms with Crippen molar-refractivity contribution in [1.82, 2.24) is 10.6 Å². The standard InChI is InChI=1S/C15H19ClN2O3/c16-12-5-3-11(4-6-12)9-17-13(19)14(20)18-10-15(21)7-1-2-8-15/h3-6,21H,1-2,7-10H2,(H,17,19)(H,18,20). The number of halogens is 1. The number of aliphatic hydroxyl groups is 1. The first-order valence-corrected chi connectivity index (χ1v) is 7.39. The van der Waals surface area contributed by atoms with E-state index in [4.69, 9.17) is 11.6 Å². The number of carbonyl (C=O) groups excluding carboxylic acids is 2. The van der Waals surface area contributed by atoms with E-state index in [-0.39, 0.29) is 13.1 Å². The number of amides is 2. The van der Waals surface area contributed by atoms with Crippen LogP contribution in [0.3, 0.4) is 0 Å². The van der Waals surface area contributed by atoms with Gasteiger partial charge in [-0.3, -0.25) is 9.59 Å². The summed E-state index contributed by atoms with van der Waals surface area (Å²) >= 11 is 5.77. The summed E-state index contributed by atoms with van der Waals surface area (Å²) in [5, 5.41) is 15.7. The second kappa shape index (κ2) is 6.91. The zero-order valence-electron chi connectivity index (χ0n) is 11.7. The molecule has 3 N–H and O–H groups in total. The number of benzene rings is 1. The van der Waals surface area contributed by atoms with Crippen LogP contribution in [0, 0.1) is 0 Å². The van der Waals surface area contributed by atoms with Crippen LogP contribution in [0.25, 0.3) is 0 Å². The van der Waals surface area contributed by atoms with Crippen LogP contribution < -0.4 is 10.6 Å². The predicted octanol–water partition coefficient (Wildman–Crippen LogP) is 1.38. The molecule has 1 aromatic rings. The fourth-order valence-corrected chi connectivity index (χ4v) is 2.53. The van der Waals surface area contributed by atoms with Gasteiger partial charge >= 0.3 is 11.8 Å². The molecule has 0 bridgehead atoms. The first-order chi connectivity index (χ1) is 9.98. The average Bonchev–Trinajstić information content (AvgIpc) is 2.91. The van der Waals surface area contributed by atoms with E-state index in [0.717, 1.165) is 18.4 Å². The van der Waals surface area contributed by atoms with Crippen LogP contribution in [0.2, 0.25) is 5.02 Å². The molecule has 0 atom stereocenters. The second-order valence-electron chi connectivity index (χ2n) is 5.42. The van der Waals surface area contributed by atoms with Crippen molar-refractivity contribution in [2.75, 3.05) is 6.54 Å². The highest BCUT2D eigenvalue weighted by Gasteiger charge is 2.31. The molecule has 5 nitrogen and oxygen atoms in total. The van der Waals surface area contributed by atoms with E-state index in [0.29, 0.717) is 17.9 Å². The van der Waals surface area contributed by atoms with Crippen LogP contribution in [0.1, 0.15) is 31.2 Å². The zero-order valence-corrected chi connectivity index (χ0v) is 12.4. The molecule has 0 saturated heterocycles. The Hall–Kier alpha value is -1.59. The third-order valence-corrected chi connectivity index (χ3v) is 3.94. The van der Waals surface area contributed by atoms with Gasteiger partial charge in [0.15, 0.2) is 0 Å². The summed E-state index contributed by atoms with van der Waals surface area (Å²) < 4.78 is 0. The SMILES string of the molecule is O=C(NCc1ccc(Cl)cc1)C(=O)NCC1(O)CCCC1. The highest BCUT2D eigenvalue weighted by molar-refractivity contribution is 6.35. The lowest BCUT2D eigenvalue weighted by atomic mass is 10.0. The van der Waals surface area contributed by atoms with Crippen molar-refractivity contribution in [3.63, 3.8) is 0 Å². The number of hydrogen-bond donors (Lipinski definition) is 3. The Morgan fingerprint density at radius 1 is 1.10 bits per heavy atom. The minimum absolute atomic E-state index is 0.125. The minimum atomic E-state index is -0.855. The Kier molecular flexibility index (Phi) is 5.20. The molecule has 1 fully saturated rings. The molecular formula is C15H19ClN2O3. The maximum Gasteiger partial charge on any atom is 0.309 e. The van der Waals surface area contributed by atoms with Crippen LogP contribution in [0.15, 0.2) is 24.3 Å². The summed E-state index contributed by atoms with van der Waals surface area (Å²) in [7, 11) is 0. The molecule has 1 saturated carbocycles. The second-order valence-corrected chi connectivity index (χ2v) is 5.86. The van der Waals surface area contributed by atoms with E-state index in [1.54, 1.807) is 24.3 Å². The highest BCUT2D eigenvalue weighted by atomic mass is 35.5. The Balaban J connectivity index is 1.74. The van der Waals surface area contributed by atoms with Gasteiger partial charge in [-0.2, -0.15) is 0 Å². The molecule has 6 heteroatoms. The lowest BCUT2D eigenvalue weighted by Gasteiger charge is -2.22. The summed E-state index contributed by atoms with van der Waals surface area (Å²) in [6.07, 6.45) is 3.24. The third kappa shape index (κ3) is 4.72. The third-order valence-electron chi connectivity index (χ3n) is 3.68. The molecule has 0 heterocycles. The molecule has 2 amide bonds. The predicted molar refractivity (Wildman–Crippen MR) is 79.7 cm³/mol. The maximum absolute atomic E-state index is 11.7. The molecule has 0 aromatic heterocycles. The van der Waals surface area contributed by atoms with Gasteiger partial charge in [0.2, 0.25) is 0 Å². The summed E-state index contributed by atoms with van der Waals surface area (Å²) in [5.74, 6) is -1.42. The van der Waals surface area contributed by atoms with Gasteiger partial charge in [0.1, 0.15) is 0 Å². The van der Waals surface area contributed by atoms with Gasteiger partial charge in [-0.15, -0.1) is 0 Å². The van der Waals surface area contributed by atoms with Crippen LogP contribution in [0.5, 0.6) is 0 Å². The van der Waals surface area contributed by atoms with Gasteiger partial charge in [0.25, 0.3) is 0 Å². The summed E-state index contributed by atoms with van der Waals surface area (Å²) in [4.78, 5) is 23.3. The lowest BCUT2D eigenvalue weighted by Crippen LogP contribution is -2.46. The van der Waals surface area contributed by atoms with E-state index in [1.807, 2.05) is 0 Å². The number of carbonyl (C=O) groups is 2. The van der Waals surface area contributed by atoms with Gasteiger partial charge in [0, 0.05) is 18.1 Å². The van der Waals surface area contributed by atoms with Crippen LogP contribution in [-0.4, -0.2) is 29.1 Å². The largest absolute Gasteiger partial charge is 0.388 e. The van der Waals surface area contributed by atoms with Crippen molar-refractivity contribution in [1.29, 1.82) is 0 Å². The van der Waals surface area contributed by atoms with E-state index in [2.05, 4.69) is 10.6 Å². The van der Waals surface area contributed by atoms with E-state index >= 15 is 0 Å². The van der Waals surface area contributed by atoms with Crippen molar-refractivity contribution < 1.29 is 14.7 Å². The first-order valence-electron chi connectivity index (χ1n) is 7.01. The Morgan fingerprint density at radius 2 is 1.67 bits per heavy atom. The molecular weight excluding hydrogens is 292 g/mol. The van der Waals surface area contributed by atoms with Crippen molar-refractivity contribution >= 4 is 23.4 Å². The molecule has 0 radical (unpaired) electrons. The van der Waals surface area contributed by atoms with Crippen LogP contribution in [-0.2, 0) is 16.1 Å².